The maximum absolute atomic E-state index is 6.05. The Morgan fingerprint density at radius 3 is 2.95 bits per heavy atom. The van der Waals surface area contributed by atoms with Crippen LogP contribution in [0.25, 0.3) is 0 Å². The highest BCUT2D eigenvalue weighted by Crippen LogP contribution is 2.32. The summed E-state index contributed by atoms with van der Waals surface area (Å²) in [5.41, 5.74) is 3.22. The molecule has 0 spiro atoms. The number of fused-ring (bicyclic) bond motifs is 1. The summed E-state index contributed by atoms with van der Waals surface area (Å²) in [5.74, 6) is 0.855. The van der Waals surface area contributed by atoms with Crippen LogP contribution >= 0.6 is 23.2 Å². The standard InChI is InChI=1S/C15H14Cl2N2O/c16-13-7-6-11(15(17)19-13)9-20-12-5-1-3-10-4-2-8-18-14(10)12/h1,3,5-7,18H,2,4,8-9H2. The lowest BCUT2D eigenvalue weighted by Gasteiger charge is -2.21. The first-order valence-corrected chi connectivity index (χ1v) is 7.29. The van der Waals surface area contributed by atoms with E-state index in [4.69, 9.17) is 27.9 Å². The largest absolute Gasteiger partial charge is 0.487 e. The number of ether oxygens (including phenoxy) is 1. The second-order valence-corrected chi connectivity index (χ2v) is 5.44. The molecule has 1 aromatic carbocycles. The summed E-state index contributed by atoms with van der Waals surface area (Å²) in [6.07, 6.45) is 2.24. The molecule has 3 nitrogen and oxygen atoms in total. The Balaban J connectivity index is 1.78. The number of anilines is 1. The summed E-state index contributed by atoms with van der Waals surface area (Å²) in [4.78, 5) is 4.01. The van der Waals surface area contributed by atoms with E-state index in [0.29, 0.717) is 16.9 Å². The molecule has 0 unspecified atom stereocenters. The van der Waals surface area contributed by atoms with Crippen LogP contribution in [0, 0.1) is 0 Å². The van der Waals surface area contributed by atoms with Gasteiger partial charge in [-0.05, 0) is 36.6 Å². The average molecular weight is 309 g/mol. The zero-order valence-electron chi connectivity index (χ0n) is 10.8. The minimum absolute atomic E-state index is 0.376. The van der Waals surface area contributed by atoms with Crippen LogP contribution in [0.2, 0.25) is 10.3 Å². The lowest BCUT2D eigenvalue weighted by Crippen LogP contribution is -2.13. The molecule has 5 heteroatoms. The molecule has 20 heavy (non-hydrogen) atoms. The van der Waals surface area contributed by atoms with E-state index in [1.807, 2.05) is 18.2 Å². The Labute approximate surface area is 127 Å². The van der Waals surface area contributed by atoms with Crippen molar-refractivity contribution in [3.63, 3.8) is 0 Å². The number of aromatic nitrogens is 1. The Morgan fingerprint density at radius 2 is 2.10 bits per heavy atom. The van der Waals surface area contributed by atoms with E-state index >= 15 is 0 Å². The zero-order chi connectivity index (χ0) is 13.9. The maximum Gasteiger partial charge on any atom is 0.143 e. The molecule has 0 amide bonds. The lowest BCUT2D eigenvalue weighted by molar-refractivity contribution is 0.306. The first-order chi connectivity index (χ1) is 9.74. The normalized spacial score (nSPS) is 13.5. The quantitative estimate of drug-likeness (QED) is 0.857. The predicted octanol–water partition coefficient (Wildman–Crippen LogP) is 4.33. The van der Waals surface area contributed by atoms with Crippen LogP contribution in [-0.2, 0) is 13.0 Å². The maximum atomic E-state index is 6.05. The van der Waals surface area contributed by atoms with Crippen LogP contribution in [0.4, 0.5) is 5.69 Å². The van der Waals surface area contributed by atoms with Crippen molar-refractivity contribution < 1.29 is 4.74 Å². The Bertz CT molecular complexity index is 631. The fourth-order valence-corrected chi connectivity index (χ4v) is 2.70. The van der Waals surface area contributed by atoms with Gasteiger partial charge in [0.1, 0.15) is 22.7 Å². The van der Waals surface area contributed by atoms with E-state index in [2.05, 4.69) is 16.4 Å². The van der Waals surface area contributed by atoms with Crippen molar-refractivity contribution in [3.05, 3.63) is 51.8 Å². The number of benzene rings is 1. The average Bonchev–Trinajstić information content (AvgIpc) is 2.46. The number of nitrogens with one attached hydrogen (secondary N) is 1. The van der Waals surface area contributed by atoms with Gasteiger partial charge >= 0.3 is 0 Å². The Hall–Kier alpha value is -1.45. The Morgan fingerprint density at radius 1 is 1.20 bits per heavy atom. The minimum Gasteiger partial charge on any atom is -0.487 e. The van der Waals surface area contributed by atoms with Gasteiger partial charge in [0, 0.05) is 12.1 Å². The van der Waals surface area contributed by atoms with E-state index in [1.54, 1.807) is 6.07 Å². The van der Waals surface area contributed by atoms with E-state index in [1.165, 1.54) is 5.56 Å². The Kier molecular flexibility index (Phi) is 3.99. The molecule has 1 aliphatic rings. The second-order valence-electron chi connectivity index (χ2n) is 4.69. The third kappa shape index (κ3) is 2.84. The van der Waals surface area contributed by atoms with Crippen LogP contribution in [0.1, 0.15) is 17.5 Å². The highest BCUT2D eigenvalue weighted by molar-refractivity contribution is 6.32. The molecule has 0 bridgehead atoms. The van der Waals surface area contributed by atoms with Crippen LogP contribution in [0.15, 0.2) is 30.3 Å². The van der Waals surface area contributed by atoms with E-state index < -0.39 is 0 Å². The number of aryl methyl sites for hydroxylation is 1. The van der Waals surface area contributed by atoms with Crippen LogP contribution < -0.4 is 10.1 Å². The summed E-state index contributed by atoms with van der Waals surface area (Å²) in [5, 5.41) is 4.17. The van der Waals surface area contributed by atoms with Gasteiger partial charge in [0.05, 0.1) is 5.69 Å². The van der Waals surface area contributed by atoms with E-state index in [9.17, 15) is 0 Å². The predicted molar refractivity (Wildman–Crippen MR) is 81.8 cm³/mol. The van der Waals surface area contributed by atoms with Gasteiger partial charge in [0.15, 0.2) is 0 Å². The van der Waals surface area contributed by atoms with Gasteiger partial charge in [0.25, 0.3) is 0 Å². The van der Waals surface area contributed by atoms with Crippen LogP contribution in [-0.4, -0.2) is 11.5 Å². The number of pyridine rings is 1. The van der Waals surface area contributed by atoms with Gasteiger partial charge in [-0.3, -0.25) is 0 Å². The van der Waals surface area contributed by atoms with Crippen molar-refractivity contribution in [1.29, 1.82) is 0 Å². The molecular weight excluding hydrogens is 295 g/mol. The molecule has 2 heterocycles. The van der Waals surface area contributed by atoms with Crippen molar-refractivity contribution in [2.45, 2.75) is 19.4 Å². The molecule has 0 saturated heterocycles. The number of halogens is 2. The molecule has 0 fully saturated rings. The van der Waals surface area contributed by atoms with Crippen molar-refractivity contribution >= 4 is 28.9 Å². The van der Waals surface area contributed by atoms with Gasteiger partial charge in [0.2, 0.25) is 0 Å². The summed E-state index contributed by atoms with van der Waals surface area (Å²) in [7, 11) is 0. The number of nitrogens with zero attached hydrogens (tertiary/aromatic N) is 1. The summed E-state index contributed by atoms with van der Waals surface area (Å²) >= 11 is 11.8. The fraction of sp³-hybridized carbons (Fsp3) is 0.267. The van der Waals surface area contributed by atoms with Crippen molar-refractivity contribution in [3.8, 4) is 5.75 Å². The molecule has 3 rings (SSSR count). The highest BCUT2D eigenvalue weighted by Gasteiger charge is 2.13. The topological polar surface area (TPSA) is 34.1 Å². The molecular formula is C15H14Cl2N2O. The van der Waals surface area contributed by atoms with Gasteiger partial charge < -0.3 is 10.1 Å². The van der Waals surface area contributed by atoms with Gasteiger partial charge in [-0.1, -0.05) is 35.3 Å². The molecule has 1 aromatic heterocycles. The van der Waals surface area contributed by atoms with Crippen molar-refractivity contribution in [2.75, 3.05) is 11.9 Å². The smallest absolute Gasteiger partial charge is 0.143 e. The van der Waals surface area contributed by atoms with E-state index in [0.717, 1.165) is 36.4 Å². The summed E-state index contributed by atoms with van der Waals surface area (Å²) in [6.45, 7) is 1.36. The van der Waals surface area contributed by atoms with Gasteiger partial charge in [-0.15, -0.1) is 0 Å². The first kappa shape index (κ1) is 13.5. The van der Waals surface area contributed by atoms with Crippen molar-refractivity contribution in [1.82, 2.24) is 4.98 Å². The molecule has 0 atom stereocenters. The zero-order valence-corrected chi connectivity index (χ0v) is 12.3. The molecule has 1 aliphatic heterocycles. The fourth-order valence-electron chi connectivity index (χ4n) is 2.30. The van der Waals surface area contributed by atoms with Crippen molar-refractivity contribution in [2.24, 2.45) is 0 Å². The number of hydrogen-bond donors (Lipinski definition) is 1. The molecule has 0 aliphatic carbocycles. The molecule has 104 valence electrons. The minimum atomic E-state index is 0.376. The van der Waals surface area contributed by atoms with Crippen LogP contribution in [0.5, 0.6) is 5.75 Å². The summed E-state index contributed by atoms with van der Waals surface area (Å²) in [6, 6.07) is 9.66. The number of hydrogen-bond acceptors (Lipinski definition) is 3. The first-order valence-electron chi connectivity index (χ1n) is 6.53. The molecule has 0 radical (unpaired) electrons. The van der Waals surface area contributed by atoms with Gasteiger partial charge in [-0.2, -0.15) is 0 Å². The monoisotopic (exact) mass is 308 g/mol. The van der Waals surface area contributed by atoms with Crippen LogP contribution in [0.3, 0.4) is 0 Å². The summed E-state index contributed by atoms with van der Waals surface area (Å²) < 4.78 is 5.88. The third-order valence-corrected chi connectivity index (χ3v) is 3.85. The lowest BCUT2D eigenvalue weighted by atomic mass is 10.0. The van der Waals surface area contributed by atoms with E-state index in [-0.39, 0.29) is 0 Å². The third-order valence-electron chi connectivity index (χ3n) is 3.31. The molecule has 0 saturated carbocycles. The highest BCUT2D eigenvalue weighted by atomic mass is 35.5. The molecule has 2 aromatic rings. The number of para-hydroxylation sites is 1. The van der Waals surface area contributed by atoms with Gasteiger partial charge in [-0.25, -0.2) is 4.98 Å². The second kappa shape index (κ2) is 5.90. The number of rotatable bonds is 3. The molecule has 1 N–H and O–H groups in total. The SMILES string of the molecule is Clc1ccc(COc2cccc3c2NCCC3)c(Cl)n1.